The van der Waals surface area contributed by atoms with Crippen molar-refractivity contribution in [3.8, 4) is 5.75 Å². The molecule has 0 aliphatic heterocycles. The molecule has 4 nitrogen and oxygen atoms in total. The molecule has 0 saturated heterocycles. The highest BCUT2D eigenvalue weighted by Gasteiger charge is 2.12. The Balaban J connectivity index is 0.00000220. The number of anilines is 1. The van der Waals surface area contributed by atoms with E-state index in [1.54, 1.807) is 19.2 Å². The summed E-state index contributed by atoms with van der Waals surface area (Å²) in [5, 5.41) is 3.61. The zero-order chi connectivity index (χ0) is 14.4. The van der Waals surface area contributed by atoms with Gasteiger partial charge in [0.05, 0.1) is 12.1 Å². The van der Waals surface area contributed by atoms with Crippen LogP contribution in [0.25, 0.3) is 0 Å². The molecule has 6 heteroatoms. The summed E-state index contributed by atoms with van der Waals surface area (Å²) in [5.41, 5.74) is 6.73. The summed E-state index contributed by atoms with van der Waals surface area (Å²) >= 11 is 6.07. The molecule has 2 rings (SSSR count). The predicted octanol–water partition coefficient (Wildman–Crippen LogP) is 4.27. The van der Waals surface area contributed by atoms with Crippen LogP contribution in [0.4, 0.5) is 5.69 Å². The molecule has 0 aromatic heterocycles. The van der Waals surface area contributed by atoms with Crippen molar-refractivity contribution < 1.29 is 4.74 Å². The van der Waals surface area contributed by atoms with Gasteiger partial charge in [-0.05, 0) is 37.0 Å². The predicted molar refractivity (Wildman–Crippen MR) is 100 cm³/mol. The van der Waals surface area contributed by atoms with Crippen LogP contribution >= 0.6 is 35.6 Å². The van der Waals surface area contributed by atoms with E-state index in [0.29, 0.717) is 22.6 Å². The van der Waals surface area contributed by atoms with E-state index in [1.165, 1.54) is 32.1 Å². The van der Waals surface area contributed by atoms with Crippen molar-refractivity contribution in [3.05, 3.63) is 23.2 Å². The van der Waals surface area contributed by atoms with E-state index in [4.69, 9.17) is 22.1 Å². The van der Waals surface area contributed by atoms with Gasteiger partial charge in [0.2, 0.25) is 0 Å². The molecule has 0 amide bonds. The minimum Gasteiger partial charge on any atom is -0.495 e. The van der Waals surface area contributed by atoms with Crippen LogP contribution in [0, 0.1) is 5.92 Å². The smallest absolute Gasteiger partial charge is 0.193 e. The summed E-state index contributed by atoms with van der Waals surface area (Å²) in [6.07, 6.45) is 6.54. The summed E-state index contributed by atoms with van der Waals surface area (Å²) in [4.78, 5) is 4.42. The average Bonchev–Trinajstić information content (AvgIpc) is 2.46. The Bertz CT molecular complexity index is 476. The summed E-state index contributed by atoms with van der Waals surface area (Å²) in [6.45, 7) is 0.808. The normalized spacial score (nSPS) is 16.2. The van der Waals surface area contributed by atoms with Crippen molar-refractivity contribution in [2.45, 2.75) is 32.1 Å². The van der Waals surface area contributed by atoms with Crippen LogP contribution in [-0.4, -0.2) is 19.6 Å². The Hall–Kier alpha value is -0.690. The molecule has 3 N–H and O–H groups in total. The van der Waals surface area contributed by atoms with Crippen LogP contribution in [0.2, 0.25) is 5.02 Å². The molecule has 1 fully saturated rings. The Morgan fingerprint density at radius 2 is 2.10 bits per heavy atom. The van der Waals surface area contributed by atoms with Gasteiger partial charge >= 0.3 is 0 Å². The molecule has 0 bridgehead atoms. The molecule has 0 unspecified atom stereocenters. The first-order chi connectivity index (χ1) is 9.69. The number of halogens is 2. The zero-order valence-corrected chi connectivity index (χ0v) is 15.4. The van der Waals surface area contributed by atoms with Crippen molar-refractivity contribution in [2.24, 2.45) is 16.6 Å². The van der Waals surface area contributed by atoms with Crippen molar-refractivity contribution in [1.29, 1.82) is 0 Å². The molecule has 0 radical (unpaired) electrons. The van der Waals surface area contributed by atoms with Gasteiger partial charge in [-0.15, -0.1) is 24.0 Å². The van der Waals surface area contributed by atoms with E-state index in [9.17, 15) is 0 Å². The first-order valence-electron chi connectivity index (χ1n) is 7.09. The van der Waals surface area contributed by atoms with Gasteiger partial charge < -0.3 is 15.8 Å². The highest BCUT2D eigenvalue weighted by molar-refractivity contribution is 14.0. The van der Waals surface area contributed by atoms with Crippen LogP contribution < -0.4 is 15.8 Å². The molecule has 1 aromatic carbocycles. The lowest BCUT2D eigenvalue weighted by Gasteiger charge is -2.19. The Labute approximate surface area is 148 Å². The molecular weight excluding hydrogens is 401 g/mol. The van der Waals surface area contributed by atoms with E-state index in [0.717, 1.165) is 12.2 Å². The number of ether oxygens (including phenoxy) is 1. The second-order valence-corrected chi connectivity index (χ2v) is 5.61. The molecule has 1 aromatic rings. The number of methoxy groups -OCH3 is 1. The van der Waals surface area contributed by atoms with Gasteiger partial charge in [0.25, 0.3) is 0 Å². The van der Waals surface area contributed by atoms with Gasteiger partial charge in [-0.2, -0.15) is 0 Å². The fraction of sp³-hybridized carbons (Fsp3) is 0.533. The maximum Gasteiger partial charge on any atom is 0.193 e. The van der Waals surface area contributed by atoms with E-state index in [2.05, 4.69) is 10.3 Å². The summed E-state index contributed by atoms with van der Waals surface area (Å²) in [7, 11) is 1.59. The van der Waals surface area contributed by atoms with Crippen LogP contribution in [0.15, 0.2) is 23.2 Å². The van der Waals surface area contributed by atoms with Crippen molar-refractivity contribution in [2.75, 3.05) is 19.0 Å². The van der Waals surface area contributed by atoms with Gasteiger partial charge in [-0.3, -0.25) is 4.99 Å². The Kier molecular flexibility index (Phi) is 8.18. The maximum absolute atomic E-state index is 6.07. The van der Waals surface area contributed by atoms with Gasteiger partial charge in [0, 0.05) is 12.2 Å². The topological polar surface area (TPSA) is 59.6 Å². The van der Waals surface area contributed by atoms with E-state index >= 15 is 0 Å². The number of rotatable bonds is 4. The van der Waals surface area contributed by atoms with Crippen LogP contribution in [0.3, 0.4) is 0 Å². The maximum atomic E-state index is 6.07. The lowest BCUT2D eigenvalue weighted by atomic mass is 9.89. The number of nitrogens with two attached hydrogens (primary N) is 1. The lowest BCUT2D eigenvalue weighted by molar-refractivity contribution is 0.367. The van der Waals surface area contributed by atoms with Gasteiger partial charge in [0.1, 0.15) is 5.75 Å². The highest BCUT2D eigenvalue weighted by atomic mass is 127. The fourth-order valence-corrected chi connectivity index (χ4v) is 2.79. The van der Waals surface area contributed by atoms with Gasteiger partial charge in [-0.25, -0.2) is 0 Å². The number of aliphatic imine (C=N–C) groups is 1. The molecule has 21 heavy (non-hydrogen) atoms. The SMILES string of the molecule is COc1ccc(NC(N)=NCC2CCCCC2)cc1Cl.I. The van der Waals surface area contributed by atoms with Crippen molar-refractivity contribution in [3.63, 3.8) is 0 Å². The second-order valence-electron chi connectivity index (χ2n) is 5.20. The number of nitrogens with zero attached hydrogens (tertiary/aromatic N) is 1. The first-order valence-corrected chi connectivity index (χ1v) is 7.47. The van der Waals surface area contributed by atoms with Gasteiger partial charge in [0.15, 0.2) is 5.96 Å². The molecule has 0 heterocycles. The summed E-state index contributed by atoms with van der Waals surface area (Å²) < 4.78 is 5.11. The van der Waals surface area contributed by atoms with E-state index in [-0.39, 0.29) is 24.0 Å². The van der Waals surface area contributed by atoms with Crippen LogP contribution in [0.1, 0.15) is 32.1 Å². The molecule has 1 saturated carbocycles. The number of hydrogen-bond donors (Lipinski definition) is 2. The summed E-state index contributed by atoms with van der Waals surface area (Å²) in [6, 6.07) is 5.45. The Morgan fingerprint density at radius 1 is 1.38 bits per heavy atom. The van der Waals surface area contributed by atoms with Crippen molar-refractivity contribution in [1.82, 2.24) is 0 Å². The third-order valence-electron chi connectivity index (χ3n) is 3.67. The molecule has 0 spiro atoms. The van der Waals surface area contributed by atoms with Crippen LogP contribution in [0.5, 0.6) is 5.75 Å². The number of nitrogens with one attached hydrogen (secondary N) is 1. The molecule has 1 aliphatic rings. The lowest BCUT2D eigenvalue weighted by Crippen LogP contribution is -2.24. The van der Waals surface area contributed by atoms with E-state index in [1.807, 2.05) is 6.07 Å². The standard InChI is InChI=1S/C15H22ClN3O.HI/c1-20-14-8-7-12(9-13(14)16)19-15(17)18-10-11-5-3-2-4-6-11;/h7-9,11H,2-6,10H2,1H3,(H3,17,18,19);1H. The third kappa shape index (κ3) is 5.90. The summed E-state index contributed by atoms with van der Waals surface area (Å²) in [5.74, 6) is 1.77. The average molecular weight is 424 g/mol. The van der Waals surface area contributed by atoms with Crippen molar-refractivity contribution >= 4 is 47.2 Å². The number of benzene rings is 1. The minimum absolute atomic E-state index is 0. The Morgan fingerprint density at radius 3 is 2.71 bits per heavy atom. The first kappa shape index (κ1) is 18.4. The monoisotopic (exact) mass is 423 g/mol. The van der Waals surface area contributed by atoms with Crippen LogP contribution in [-0.2, 0) is 0 Å². The fourth-order valence-electron chi connectivity index (χ4n) is 2.53. The molecule has 1 aliphatic carbocycles. The molecule has 118 valence electrons. The highest BCUT2D eigenvalue weighted by Crippen LogP contribution is 2.27. The quantitative estimate of drug-likeness (QED) is 0.432. The number of guanidine groups is 1. The van der Waals surface area contributed by atoms with E-state index < -0.39 is 0 Å². The van der Waals surface area contributed by atoms with Gasteiger partial charge in [-0.1, -0.05) is 30.9 Å². The molecule has 0 atom stereocenters. The molecular formula is C15H23ClIN3O. The third-order valence-corrected chi connectivity index (χ3v) is 3.96. The number of hydrogen-bond acceptors (Lipinski definition) is 2. The largest absolute Gasteiger partial charge is 0.495 e. The zero-order valence-electron chi connectivity index (χ0n) is 12.3. The minimum atomic E-state index is 0. The second kappa shape index (κ2) is 9.35.